The molecular formula is C25H26N8O. The molecule has 0 spiro atoms. The smallest absolute Gasteiger partial charge is 0.224 e. The van der Waals surface area contributed by atoms with E-state index in [9.17, 15) is 4.79 Å². The summed E-state index contributed by atoms with van der Waals surface area (Å²) in [4.78, 5) is 36.1. The Hall–Kier alpha value is -4.27. The molecule has 0 saturated carbocycles. The van der Waals surface area contributed by atoms with Crippen molar-refractivity contribution in [1.82, 2.24) is 19.9 Å². The number of carbonyl (C=O) groups excluding carboxylic acids is 1. The van der Waals surface area contributed by atoms with E-state index in [1.165, 1.54) is 0 Å². The maximum Gasteiger partial charge on any atom is 0.224 e. The molecule has 5 heterocycles. The first kappa shape index (κ1) is 21.6. The molecule has 0 aliphatic carbocycles. The largest absolute Gasteiger partial charge is 0.345 e. The first-order valence-corrected chi connectivity index (χ1v) is 11.3. The Kier molecular flexibility index (Phi) is 5.90. The number of aromatic nitrogens is 4. The number of hydrogen-bond acceptors (Lipinski definition) is 7. The summed E-state index contributed by atoms with van der Waals surface area (Å²) in [5.74, 6) is 2.26. The lowest BCUT2D eigenvalue weighted by Gasteiger charge is -2.25. The van der Waals surface area contributed by atoms with Gasteiger partial charge in [-0.2, -0.15) is 0 Å². The fourth-order valence-corrected chi connectivity index (χ4v) is 3.92. The number of aliphatic imine (C=N–C) groups is 1. The first-order valence-electron chi connectivity index (χ1n) is 11.3. The summed E-state index contributed by atoms with van der Waals surface area (Å²) < 4.78 is 0. The average Bonchev–Trinajstić information content (AvgIpc) is 3.12. The van der Waals surface area contributed by atoms with Gasteiger partial charge in [0.15, 0.2) is 11.6 Å². The van der Waals surface area contributed by atoms with Crippen molar-refractivity contribution in [3.8, 4) is 11.1 Å². The van der Waals surface area contributed by atoms with Gasteiger partial charge in [-0.3, -0.25) is 14.8 Å². The fourth-order valence-electron chi connectivity index (χ4n) is 3.92. The Morgan fingerprint density at radius 1 is 1.18 bits per heavy atom. The topological polar surface area (TPSA) is 111 Å². The zero-order valence-corrected chi connectivity index (χ0v) is 19.2. The fraction of sp³-hybridized carbons (Fsp3) is 0.240. The second kappa shape index (κ2) is 9.30. The molecule has 0 fully saturated rings. The standard InChI is InChI=1S/C25H26N8O/c1-3-4-8-21(34)30-18-10-16(12-26-14-18)17-11-19-22(29-15-33(2)25(19)28-13-17)24-31-20-7-5-6-9-27-23(20)32-24/h5-7,9-14,27H,3-4,8,15H2,1-2H3,(H,30,34)(H,31,32). The molecule has 1 amide bonds. The maximum atomic E-state index is 12.2. The highest BCUT2D eigenvalue weighted by Gasteiger charge is 2.24. The number of allylic oxidation sites excluding steroid dienone is 2. The summed E-state index contributed by atoms with van der Waals surface area (Å²) in [5, 5.41) is 6.12. The summed E-state index contributed by atoms with van der Waals surface area (Å²) in [7, 11) is 1.96. The van der Waals surface area contributed by atoms with E-state index in [0.29, 0.717) is 24.6 Å². The number of imidazole rings is 1. The minimum atomic E-state index is -0.00417. The highest BCUT2D eigenvalue weighted by molar-refractivity contribution is 6.15. The zero-order valence-electron chi connectivity index (χ0n) is 19.2. The van der Waals surface area contributed by atoms with Gasteiger partial charge in [-0.05, 0) is 30.7 Å². The van der Waals surface area contributed by atoms with Crippen LogP contribution in [0.5, 0.6) is 0 Å². The highest BCUT2D eigenvalue weighted by Crippen LogP contribution is 2.30. The van der Waals surface area contributed by atoms with Gasteiger partial charge in [0.2, 0.25) is 5.91 Å². The molecular weight excluding hydrogens is 428 g/mol. The summed E-state index contributed by atoms with van der Waals surface area (Å²) in [6.45, 7) is 2.56. The molecule has 172 valence electrons. The lowest BCUT2D eigenvalue weighted by Crippen LogP contribution is -2.28. The quantitative estimate of drug-likeness (QED) is 0.515. The third-order valence-electron chi connectivity index (χ3n) is 5.68. The number of nitrogens with zero attached hydrogens (tertiary/aromatic N) is 5. The second-order valence-corrected chi connectivity index (χ2v) is 8.27. The zero-order chi connectivity index (χ0) is 23.5. The van der Waals surface area contributed by atoms with Crippen LogP contribution in [0.15, 0.2) is 54.1 Å². The van der Waals surface area contributed by atoms with Crippen LogP contribution in [0, 0.1) is 0 Å². The van der Waals surface area contributed by atoms with Crippen molar-refractivity contribution < 1.29 is 4.79 Å². The lowest BCUT2D eigenvalue weighted by atomic mass is 10.0. The van der Waals surface area contributed by atoms with Crippen LogP contribution >= 0.6 is 0 Å². The van der Waals surface area contributed by atoms with Crippen LogP contribution in [-0.2, 0) is 4.79 Å². The number of anilines is 3. The van der Waals surface area contributed by atoms with E-state index >= 15 is 0 Å². The van der Waals surface area contributed by atoms with Crippen molar-refractivity contribution >= 4 is 35.0 Å². The van der Waals surface area contributed by atoms with Gasteiger partial charge in [0.1, 0.15) is 18.2 Å². The number of fused-ring (bicyclic) bond motifs is 2. The van der Waals surface area contributed by atoms with Crippen LogP contribution in [0.1, 0.15) is 43.3 Å². The van der Waals surface area contributed by atoms with Gasteiger partial charge in [-0.1, -0.05) is 19.4 Å². The molecule has 9 nitrogen and oxygen atoms in total. The number of unbranched alkanes of at least 4 members (excludes halogenated alkanes) is 1. The number of amides is 1. The highest BCUT2D eigenvalue weighted by atomic mass is 16.1. The Balaban J connectivity index is 1.48. The summed E-state index contributed by atoms with van der Waals surface area (Å²) in [6.07, 6.45) is 15.3. The van der Waals surface area contributed by atoms with E-state index in [1.54, 1.807) is 12.4 Å². The predicted octanol–water partition coefficient (Wildman–Crippen LogP) is 4.19. The molecule has 2 aliphatic rings. The molecule has 3 aromatic rings. The minimum Gasteiger partial charge on any atom is -0.345 e. The van der Waals surface area contributed by atoms with E-state index in [2.05, 4.69) is 27.5 Å². The second-order valence-electron chi connectivity index (χ2n) is 8.27. The Morgan fingerprint density at radius 3 is 2.94 bits per heavy atom. The summed E-state index contributed by atoms with van der Waals surface area (Å²) in [5.41, 5.74) is 4.94. The molecule has 0 saturated heterocycles. The van der Waals surface area contributed by atoms with Crippen molar-refractivity contribution in [3.63, 3.8) is 0 Å². The van der Waals surface area contributed by atoms with Crippen molar-refractivity contribution in [2.45, 2.75) is 26.2 Å². The summed E-state index contributed by atoms with van der Waals surface area (Å²) >= 11 is 0. The van der Waals surface area contributed by atoms with Crippen LogP contribution in [-0.4, -0.2) is 45.3 Å². The van der Waals surface area contributed by atoms with E-state index < -0.39 is 0 Å². The SMILES string of the molecule is CCCCC(=O)Nc1cncc(-c2cnc3c(c2)C(c2nc4c([nH]2)C=CC=CN4)=NCN3C)c1. The minimum absolute atomic E-state index is 0.00417. The molecule has 0 radical (unpaired) electrons. The van der Waals surface area contributed by atoms with Crippen LogP contribution < -0.4 is 15.5 Å². The lowest BCUT2D eigenvalue weighted by molar-refractivity contribution is -0.116. The third-order valence-corrected chi connectivity index (χ3v) is 5.68. The number of carbonyl (C=O) groups is 1. The van der Waals surface area contributed by atoms with E-state index in [-0.39, 0.29) is 5.91 Å². The van der Waals surface area contributed by atoms with E-state index in [4.69, 9.17) is 15.0 Å². The van der Waals surface area contributed by atoms with Crippen molar-refractivity contribution in [2.75, 3.05) is 29.2 Å². The van der Waals surface area contributed by atoms with Gasteiger partial charge in [0, 0.05) is 48.8 Å². The molecule has 3 N–H and O–H groups in total. The van der Waals surface area contributed by atoms with Crippen molar-refractivity contribution in [3.05, 3.63) is 66.2 Å². The summed E-state index contributed by atoms with van der Waals surface area (Å²) in [6, 6.07) is 3.97. The molecule has 0 unspecified atom stereocenters. The van der Waals surface area contributed by atoms with Gasteiger partial charge in [0.05, 0.1) is 17.6 Å². The number of rotatable bonds is 6. The molecule has 2 aliphatic heterocycles. The molecule has 0 aromatic carbocycles. The molecule has 5 rings (SSSR count). The first-order chi connectivity index (χ1) is 16.6. The number of aromatic amines is 1. The number of H-pyrrole nitrogens is 1. The predicted molar refractivity (Wildman–Crippen MR) is 135 cm³/mol. The average molecular weight is 455 g/mol. The number of nitrogens with one attached hydrogen (secondary N) is 3. The molecule has 9 heteroatoms. The van der Waals surface area contributed by atoms with Crippen LogP contribution in [0.4, 0.5) is 17.3 Å². The molecule has 34 heavy (non-hydrogen) atoms. The normalized spacial score (nSPS) is 14.1. The van der Waals surface area contributed by atoms with E-state index in [0.717, 1.165) is 52.6 Å². The Morgan fingerprint density at radius 2 is 2.06 bits per heavy atom. The number of pyridine rings is 2. The molecule has 0 atom stereocenters. The van der Waals surface area contributed by atoms with E-state index in [1.807, 2.05) is 54.7 Å². The van der Waals surface area contributed by atoms with Crippen molar-refractivity contribution in [1.29, 1.82) is 0 Å². The van der Waals surface area contributed by atoms with Gasteiger partial charge < -0.3 is 20.5 Å². The Labute approximate surface area is 197 Å². The van der Waals surface area contributed by atoms with Crippen LogP contribution in [0.3, 0.4) is 0 Å². The van der Waals surface area contributed by atoms with Crippen LogP contribution in [0.25, 0.3) is 17.2 Å². The monoisotopic (exact) mass is 454 g/mol. The van der Waals surface area contributed by atoms with Crippen molar-refractivity contribution in [2.24, 2.45) is 4.99 Å². The van der Waals surface area contributed by atoms with Gasteiger partial charge in [-0.15, -0.1) is 0 Å². The molecule has 3 aromatic heterocycles. The van der Waals surface area contributed by atoms with Crippen LogP contribution in [0.2, 0.25) is 0 Å². The number of hydrogen-bond donors (Lipinski definition) is 3. The van der Waals surface area contributed by atoms with Gasteiger partial charge in [0.25, 0.3) is 0 Å². The van der Waals surface area contributed by atoms with Gasteiger partial charge >= 0.3 is 0 Å². The maximum absolute atomic E-state index is 12.2. The third kappa shape index (κ3) is 4.32. The Bertz CT molecular complexity index is 1320. The molecule has 0 bridgehead atoms. The van der Waals surface area contributed by atoms with Gasteiger partial charge in [-0.25, -0.2) is 9.97 Å².